The lowest BCUT2D eigenvalue weighted by Gasteiger charge is -2.10. The Morgan fingerprint density at radius 1 is 1.07 bits per heavy atom. The minimum atomic E-state index is -0.463. The maximum atomic E-state index is 12.1. The Morgan fingerprint density at radius 2 is 1.81 bits per heavy atom. The predicted molar refractivity (Wildman–Crippen MR) is 105 cm³/mol. The average molecular weight is 365 g/mol. The third-order valence-corrected chi connectivity index (χ3v) is 4.64. The molecular weight excluding hydrogens is 342 g/mol. The van der Waals surface area contributed by atoms with Crippen molar-refractivity contribution in [1.82, 2.24) is 0 Å². The van der Waals surface area contributed by atoms with Gasteiger partial charge in [-0.2, -0.15) is 0 Å². The van der Waals surface area contributed by atoms with Crippen LogP contribution < -0.4 is 5.32 Å². The van der Waals surface area contributed by atoms with Crippen LogP contribution in [0.2, 0.25) is 0 Å². The molecule has 0 aliphatic rings. The maximum Gasteiger partial charge on any atom is 0.310 e. The number of nitrogens with one attached hydrogen (secondary N) is 1. The summed E-state index contributed by atoms with van der Waals surface area (Å²) < 4.78 is 10.7. The van der Waals surface area contributed by atoms with Crippen molar-refractivity contribution in [3.05, 3.63) is 64.9 Å². The summed E-state index contributed by atoms with van der Waals surface area (Å²) in [6.07, 6.45) is 2.44. The average Bonchev–Trinajstić information content (AvgIpc) is 3.02. The molecule has 0 saturated heterocycles. The van der Waals surface area contributed by atoms with Gasteiger partial charge in [0.25, 0.3) is 5.91 Å². The molecule has 1 aromatic heterocycles. The van der Waals surface area contributed by atoms with Crippen molar-refractivity contribution in [2.24, 2.45) is 0 Å². The van der Waals surface area contributed by atoms with Gasteiger partial charge in [0.1, 0.15) is 5.58 Å². The lowest BCUT2D eigenvalue weighted by molar-refractivity contribution is -0.146. The Hall–Kier alpha value is -3.08. The van der Waals surface area contributed by atoms with Crippen LogP contribution in [0.25, 0.3) is 11.0 Å². The Kier molecular flexibility index (Phi) is 5.60. The van der Waals surface area contributed by atoms with Crippen LogP contribution in [0.1, 0.15) is 29.2 Å². The minimum Gasteiger partial charge on any atom is -0.464 e. The number of ether oxygens (including phenoxy) is 1. The van der Waals surface area contributed by atoms with E-state index in [1.807, 2.05) is 57.2 Å². The Balaban J connectivity index is 1.58. The molecule has 0 aliphatic carbocycles. The molecule has 3 rings (SSSR count). The van der Waals surface area contributed by atoms with E-state index >= 15 is 0 Å². The highest BCUT2D eigenvalue weighted by Gasteiger charge is 2.14. The van der Waals surface area contributed by atoms with Crippen LogP contribution in [0.3, 0.4) is 0 Å². The topological polar surface area (TPSA) is 68.5 Å². The highest BCUT2D eigenvalue weighted by molar-refractivity contribution is 5.94. The lowest BCUT2D eigenvalue weighted by atomic mass is 10.0. The van der Waals surface area contributed by atoms with Gasteiger partial charge in [-0.1, -0.05) is 25.1 Å². The summed E-state index contributed by atoms with van der Waals surface area (Å²) in [5, 5.41) is 3.68. The minimum absolute atomic E-state index is 0.0638. The van der Waals surface area contributed by atoms with Crippen LogP contribution in [0.15, 0.2) is 47.1 Å². The van der Waals surface area contributed by atoms with Gasteiger partial charge in [0.15, 0.2) is 6.61 Å². The van der Waals surface area contributed by atoms with Crippen LogP contribution >= 0.6 is 0 Å². The van der Waals surface area contributed by atoms with Crippen LogP contribution in [-0.2, 0) is 27.2 Å². The number of aryl methyl sites for hydroxylation is 3. The van der Waals surface area contributed by atoms with Gasteiger partial charge in [0.2, 0.25) is 0 Å². The summed E-state index contributed by atoms with van der Waals surface area (Å²) in [5.74, 6) is -0.817. The molecule has 0 fully saturated rings. The van der Waals surface area contributed by atoms with Gasteiger partial charge in [-0.3, -0.25) is 9.59 Å². The summed E-state index contributed by atoms with van der Waals surface area (Å²) >= 11 is 0. The number of amides is 1. The molecule has 140 valence electrons. The number of rotatable bonds is 6. The van der Waals surface area contributed by atoms with Gasteiger partial charge in [0, 0.05) is 16.6 Å². The highest BCUT2D eigenvalue weighted by atomic mass is 16.5. The molecule has 5 nitrogen and oxygen atoms in total. The number of anilines is 1. The summed E-state index contributed by atoms with van der Waals surface area (Å²) in [5.41, 5.74) is 5.55. The molecule has 1 heterocycles. The van der Waals surface area contributed by atoms with Gasteiger partial charge in [-0.05, 0) is 55.2 Å². The molecule has 5 heteroatoms. The number of hydrogen-bond acceptors (Lipinski definition) is 4. The molecule has 1 N–H and O–H groups in total. The first-order valence-corrected chi connectivity index (χ1v) is 8.98. The number of para-hydroxylation sites is 1. The maximum absolute atomic E-state index is 12.1. The second-order valence-corrected chi connectivity index (χ2v) is 6.59. The zero-order valence-electron chi connectivity index (χ0n) is 15.8. The summed E-state index contributed by atoms with van der Waals surface area (Å²) in [4.78, 5) is 24.2. The zero-order chi connectivity index (χ0) is 19.4. The molecule has 2 aromatic carbocycles. The third-order valence-electron chi connectivity index (χ3n) is 4.64. The molecule has 0 radical (unpaired) electrons. The van der Waals surface area contributed by atoms with Gasteiger partial charge in [-0.15, -0.1) is 0 Å². The van der Waals surface area contributed by atoms with Gasteiger partial charge in [-0.25, -0.2) is 0 Å². The van der Waals surface area contributed by atoms with Crippen LogP contribution in [0, 0.1) is 13.8 Å². The first-order chi connectivity index (χ1) is 13.0. The van der Waals surface area contributed by atoms with E-state index in [0.29, 0.717) is 0 Å². The smallest absolute Gasteiger partial charge is 0.310 e. The molecule has 0 unspecified atom stereocenters. The number of fused-ring (bicyclic) bond motifs is 1. The summed E-state index contributed by atoms with van der Waals surface area (Å²) in [6.45, 7) is 5.73. The lowest BCUT2D eigenvalue weighted by Crippen LogP contribution is -2.22. The molecular formula is C22H23NO4. The van der Waals surface area contributed by atoms with Crippen LogP contribution in [0.4, 0.5) is 5.69 Å². The van der Waals surface area contributed by atoms with E-state index in [1.54, 1.807) is 6.26 Å². The molecule has 0 bridgehead atoms. The van der Waals surface area contributed by atoms with Crippen LogP contribution in [-0.4, -0.2) is 18.5 Å². The normalized spacial score (nSPS) is 10.8. The molecule has 1 amide bonds. The van der Waals surface area contributed by atoms with Gasteiger partial charge < -0.3 is 14.5 Å². The van der Waals surface area contributed by atoms with Crippen LogP contribution in [0.5, 0.6) is 0 Å². The first-order valence-electron chi connectivity index (χ1n) is 8.98. The SMILES string of the molecule is CCc1ccccc1NC(=O)COC(=O)Cc1coc2cc(C)c(C)cc12. The van der Waals surface area contributed by atoms with E-state index in [4.69, 9.17) is 9.15 Å². The number of carbonyl (C=O) groups excluding carboxylic acids is 2. The molecule has 0 atom stereocenters. The fourth-order valence-corrected chi connectivity index (χ4v) is 2.96. The Morgan fingerprint density at radius 3 is 2.59 bits per heavy atom. The second kappa shape index (κ2) is 8.08. The fraction of sp³-hybridized carbons (Fsp3) is 0.273. The van der Waals surface area contributed by atoms with Crippen molar-refractivity contribution in [3.63, 3.8) is 0 Å². The van der Waals surface area contributed by atoms with E-state index in [0.717, 1.165) is 45.3 Å². The number of esters is 1. The van der Waals surface area contributed by atoms with Crippen molar-refractivity contribution < 1.29 is 18.7 Å². The quantitative estimate of drug-likeness (QED) is 0.660. The first kappa shape index (κ1) is 18.7. The van der Waals surface area contributed by atoms with E-state index in [9.17, 15) is 9.59 Å². The van der Waals surface area contributed by atoms with Crippen molar-refractivity contribution in [3.8, 4) is 0 Å². The zero-order valence-corrected chi connectivity index (χ0v) is 15.8. The summed E-state index contributed by atoms with van der Waals surface area (Å²) in [7, 11) is 0. The Bertz CT molecular complexity index is 987. The number of benzene rings is 2. The van der Waals surface area contributed by atoms with Crippen molar-refractivity contribution in [1.29, 1.82) is 0 Å². The van der Waals surface area contributed by atoms with Gasteiger partial charge >= 0.3 is 5.97 Å². The third kappa shape index (κ3) is 4.37. The molecule has 0 spiro atoms. The molecule has 0 saturated carbocycles. The largest absolute Gasteiger partial charge is 0.464 e. The highest BCUT2D eigenvalue weighted by Crippen LogP contribution is 2.25. The monoisotopic (exact) mass is 365 g/mol. The number of furan rings is 1. The predicted octanol–water partition coefficient (Wildman–Crippen LogP) is 4.34. The molecule has 27 heavy (non-hydrogen) atoms. The van der Waals surface area contributed by atoms with E-state index in [1.165, 1.54) is 0 Å². The van der Waals surface area contributed by atoms with E-state index in [2.05, 4.69) is 5.32 Å². The second-order valence-electron chi connectivity index (χ2n) is 6.59. The standard InChI is InChI=1S/C22H23NO4/c1-4-16-7-5-6-8-19(16)23-21(24)13-27-22(25)11-17-12-26-20-10-15(3)14(2)9-18(17)20/h5-10,12H,4,11,13H2,1-3H3,(H,23,24). The fourth-order valence-electron chi connectivity index (χ4n) is 2.96. The van der Waals surface area contributed by atoms with E-state index in [-0.39, 0.29) is 18.9 Å². The molecule has 0 aliphatic heterocycles. The van der Waals surface area contributed by atoms with Crippen molar-refractivity contribution >= 4 is 28.5 Å². The number of carbonyl (C=O) groups is 2. The van der Waals surface area contributed by atoms with E-state index < -0.39 is 5.97 Å². The Labute approximate surface area is 158 Å². The molecule has 3 aromatic rings. The number of hydrogen-bond donors (Lipinski definition) is 1. The van der Waals surface area contributed by atoms with Crippen molar-refractivity contribution in [2.75, 3.05) is 11.9 Å². The summed E-state index contributed by atoms with van der Waals surface area (Å²) in [6, 6.07) is 11.5. The van der Waals surface area contributed by atoms with Gasteiger partial charge in [0.05, 0.1) is 12.7 Å². The van der Waals surface area contributed by atoms with Crippen molar-refractivity contribution in [2.45, 2.75) is 33.6 Å².